The summed E-state index contributed by atoms with van der Waals surface area (Å²) in [7, 11) is 1.48. The second kappa shape index (κ2) is 7.27. The molecule has 0 unspecified atom stereocenters. The number of carbonyl (C=O) groups is 1. The van der Waals surface area contributed by atoms with Gasteiger partial charge < -0.3 is 10.6 Å². The number of aromatic nitrogens is 3. The number of hydrogen-bond donors (Lipinski definition) is 2. The lowest BCUT2D eigenvalue weighted by Crippen LogP contribution is -2.19. The van der Waals surface area contributed by atoms with Crippen LogP contribution in [0.25, 0.3) is 23.0 Å². The lowest BCUT2D eigenvalue weighted by Gasteiger charge is -2.20. The Morgan fingerprint density at radius 3 is 2.76 bits per heavy atom. The molecule has 0 atom stereocenters. The van der Waals surface area contributed by atoms with E-state index in [4.69, 9.17) is 0 Å². The number of imidazole rings is 1. The summed E-state index contributed by atoms with van der Waals surface area (Å²) in [6.07, 6.45) is 11.9. The van der Waals surface area contributed by atoms with Crippen LogP contribution in [0.3, 0.4) is 0 Å². The standard InChI is InChI=1S/C26H22FN5O/c1-28-24(33)20-6-4-16(12-21(20)27)18-13-30-25-31-14-23(32(25)15-18)26(8-9-26)19-5-7-22-17(11-19)3-2-10-29-22/h2-7,11-15,29H,8-10H2,1H3,(H,28,33). The predicted molar refractivity (Wildman–Crippen MR) is 126 cm³/mol. The predicted octanol–water partition coefficient (Wildman–Crippen LogP) is 4.41. The Balaban J connectivity index is 1.42. The van der Waals surface area contributed by atoms with Crippen molar-refractivity contribution in [2.45, 2.75) is 18.3 Å². The van der Waals surface area contributed by atoms with Crippen LogP contribution < -0.4 is 10.6 Å². The molecule has 0 spiro atoms. The number of benzene rings is 2. The van der Waals surface area contributed by atoms with Crippen LogP contribution in [0.2, 0.25) is 0 Å². The number of hydrogen-bond acceptors (Lipinski definition) is 4. The highest BCUT2D eigenvalue weighted by Crippen LogP contribution is 2.54. The van der Waals surface area contributed by atoms with Crippen LogP contribution in [0, 0.1) is 5.82 Å². The fourth-order valence-corrected chi connectivity index (χ4v) is 4.72. The first kappa shape index (κ1) is 19.7. The molecule has 1 fully saturated rings. The summed E-state index contributed by atoms with van der Waals surface area (Å²) in [6.45, 7) is 0.851. The molecule has 33 heavy (non-hydrogen) atoms. The lowest BCUT2D eigenvalue weighted by molar-refractivity contribution is 0.0959. The van der Waals surface area contributed by atoms with Gasteiger partial charge in [0.2, 0.25) is 5.78 Å². The van der Waals surface area contributed by atoms with Gasteiger partial charge in [-0.15, -0.1) is 0 Å². The third-order valence-corrected chi connectivity index (χ3v) is 6.69. The number of carbonyl (C=O) groups excluding carboxylic acids is 1. The number of anilines is 1. The molecule has 0 bridgehead atoms. The van der Waals surface area contributed by atoms with E-state index >= 15 is 0 Å². The largest absolute Gasteiger partial charge is 0.381 e. The van der Waals surface area contributed by atoms with Crippen molar-refractivity contribution in [1.82, 2.24) is 19.7 Å². The molecular formula is C26H22FN5O. The highest BCUT2D eigenvalue weighted by atomic mass is 19.1. The van der Waals surface area contributed by atoms with Gasteiger partial charge in [0.25, 0.3) is 5.91 Å². The van der Waals surface area contributed by atoms with E-state index in [0.717, 1.165) is 36.3 Å². The summed E-state index contributed by atoms with van der Waals surface area (Å²) in [5.41, 5.74) is 6.04. The van der Waals surface area contributed by atoms with Gasteiger partial charge in [-0.3, -0.25) is 9.20 Å². The average Bonchev–Trinajstić information content (AvgIpc) is 3.55. The van der Waals surface area contributed by atoms with Crippen molar-refractivity contribution in [3.63, 3.8) is 0 Å². The SMILES string of the molecule is CNC(=O)c1ccc(-c2cnc3ncc(C4(c5ccc6c(c5)C=CCN6)CC4)n3c2)cc1F. The van der Waals surface area contributed by atoms with Crippen molar-refractivity contribution in [2.75, 3.05) is 18.9 Å². The zero-order valence-electron chi connectivity index (χ0n) is 18.1. The van der Waals surface area contributed by atoms with E-state index in [1.807, 2.05) is 16.8 Å². The van der Waals surface area contributed by atoms with E-state index in [1.165, 1.54) is 30.3 Å². The minimum Gasteiger partial charge on any atom is -0.381 e. The molecule has 4 aromatic rings. The maximum Gasteiger partial charge on any atom is 0.253 e. The quantitative estimate of drug-likeness (QED) is 0.494. The van der Waals surface area contributed by atoms with Crippen LogP contribution in [-0.4, -0.2) is 33.9 Å². The summed E-state index contributed by atoms with van der Waals surface area (Å²) >= 11 is 0. The number of nitrogens with one attached hydrogen (secondary N) is 2. The fraction of sp³-hybridized carbons (Fsp3) is 0.192. The first-order chi connectivity index (χ1) is 16.1. The van der Waals surface area contributed by atoms with Crippen LogP contribution in [0.4, 0.5) is 10.1 Å². The number of amides is 1. The molecule has 0 saturated heterocycles. The van der Waals surface area contributed by atoms with E-state index in [1.54, 1.807) is 12.3 Å². The maximum atomic E-state index is 14.6. The Labute approximate surface area is 190 Å². The molecule has 6 nitrogen and oxygen atoms in total. The lowest BCUT2D eigenvalue weighted by atomic mass is 9.90. The molecule has 3 heterocycles. The van der Waals surface area contributed by atoms with Gasteiger partial charge in [0.15, 0.2) is 0 Å². The minimum atomic E-state index is -0.563. The number of fused-ring (bicyclic) bond motifs is 2. The third-order valence-electron chi connectivity index (χ3n) is 6.69. The van der Waals surface area contributed by atoms with E-state index in [2.05, 4.69) is 51.0 Å². The Morgan fingerprint density at radius 2 is 1.97 bits per heavy atom. The van der Waals surface area contributed by atoms with E-state index in [9.17, 15) is 9.18 Å². The molecular weight excluding hydrogens is 417 g/mol. The average molecular weight is 439 g/mol. The van der Waals surface area contributed by atoms with Crippen molar-refractivity contribution < 1.29 is 9.18 Å². The molecule has 2 aliphatic rings. The Kier molecular flexibility index (Phi) is 4.33. The third kappa shape index (κ3) is 3.11. The van der Waals surface area contributed by atoms with Crippen molar-refractivity contribution in [3.05, 3.63) is 89.3 Å². The maximum absolute atomic E-state index is 14.6. The molecule has 1 saturated carbocycles. The zero-order valence-corrected chi connectivity index (χ0v) is 18.1. The smallest absolute Gasteiger partial charge is 0.253 e. The van der Waals surface area contributed by atoms with E-state index in [-0.39, 0.29) is 11.0 Å². The van der Waals surface area contributed by atoms with Crippen LogP contribution in [0.15, 0.2) is 61.1 Å². The Hall–Kier alpha value is -4.00. The summed E-state index contributed by atoms with van der Waals surface area (Å²) in [5, 5.41) is 5.86. The highest BCUT2D eigenvalue weighted by molar-refractivity contribution is 5.94. The van der Waals surface area contributed by atoms with Crippen LogP contribution >= 0.6 is 0 Å². The van der Waals surface area contributed by atoms with Gasteiger partial charge in [0, 0.05) is 42.7 Å². The Morgan fingerprint density at radius 1 is 1.12 bits per heavy atom. The minimum absolute atomic E-state index is 0.0199. The highest BCUT2D eigenvalue weighted by Gasteiger charge is 2.48. The molecule has 0 radical (unpaired) electrons. The first-order valence-electron chi connectivity index (χ1n) is 11.0. The molecule has 2 aromatic carbocycles. The summed E-state index contributed by atoms with van der Waals surface area (Å²) in [5.74, 6) is -0.399. The van der Waals surface area contributed by atoms with Crippen LogP contribution in [-0.2, 0) is 5.41 Å². The number of halogens is 1. The van der Waals surface area contributed by atoms with Crippen molar-refractivity contribution in [1.29, 1.82) is 0 Å². The van der Waals surface area contributed by atoms with Gasteiger partial charge in [-0.25, -0.2) is 14.4 Å². The molecule has 1 amide bonds. The first-order valence-corrected chi connectivity index (χ1v) is 11.0. The summed E-state index contributed by atoms with van der Waals surface area (Å²) in [4.78, 5) is 20.9. The monoisotopic (exact) mass is 439 g/mol. The van der Waals surface area contributed by atoms with Crippen LogP contribution in [0.5, 0.6) is 0 Å². The van der Waals surface area contributed by atoms with E-state index < -0.39 is 11.7 Å². The van der Waals surface area contributed by atoms with Gasteiger partial charge in [-0.2, -0.15) is 0 Å². The summed E-state index contributed by atoms with van der Waals surface area (Å²) < 4.78 is 16.6. The van der Waals surface area contributed by atoms with Crippen molar-refractivity contribution in [3.8, 4) is 11.1 Å². The normalized spacial score (nSPS) is 15.7. The van der Waals surface area contributed by atoms with Gasteiger partial charge in [0.05, 0.1) is 17.5 Å². The van der Waals surface area contributed by atoms with E-state index in [0.29, 0.717) is 11.3 Å². The van der Waals surface area contributed by atoms with Gasteiger partial charge in [-0.05, 0) is 53.8 Å². The van der Waals surface area contributed by atoms with Crippen LogP contribution in [0.1, 0.15) is 40.0 Å². The second-order valence-corrected chi connectivity index (χ2v) is 8.60. The van der Waals surface area contributed by atoms with Gasteiger partial charge in [0.1, 0.15) is 5.82 Å². The molecule has 2 N–H and O–H groups in total. The fourth-order valence-electron chi connectivity index (χ4n) is 4.72. The number of rotatable bonds is 4. The molecule has 164 valence electrons. The second-order valence-electron chi connectivity index (χ2n) is 8.60. The molecule has 6 rings (SSSR count). The van der Waals surface area contributed by atoms with Crippen molar-refractivity contribution >= 4 is 23.4 Å². The zero-order chi connectivity index (χ0) is 22.6. The van der Waals surface area contributed by atoms with Gasteiger partial charge in [-0.1, -0.05) is 24.3 Å². The molecule has 1 aliphatic carbocycles. The summed E-state index contributed by atoms with van der Waals surface area (Å²) in [6, 6.07) is 11.2. The van der Waals surface area contributed by atoms with Gasteiger partial charge >= 0.3 is 0 Å². The Bertz CT molecular complexity index is 1450. The topological polar surface area (TPSA) is 71.3 Å². The number of nitrogens with zero attached hydrogens (tertiary/aromatic N) is 3. The van der Waals surface area contributed by atoms with Crippen molar-refractivity contribution in [2.24, 2.45) is 0 Å². The molecule has 1 aliphatic heterocycles. The molecule has 2 aromatic heterocycles. The molecule has 7 heteroatoms.